The third-order valence-corrected chi connectivity index (χ3v) is 6.49. The molecule has 0 heterocycles. The number of amides is 2. The minimum absolute atomic E-state index is 0.114. The van der Waals surface area contributed by atoms with Crippen molar-refractivity contribution in [1.82, 2.24) is 10.6 Å². The van der Waals surface area contributed by atoms with Gasteiger partial charge < -0.3 is 30.3 Å². The molecule has 3 aromatic rings. The number of alkyl carbamates (subject to hydrolysis) is 1. The summed E-state index contributed by atoms with van der Waals surface area (Å²) < 4.78 is 11.4. The molecule has 0 bridgehead atoms. The number of ether oxygens (including phenoxy) is 2. The maximum Gasteiger partial charge on any atom is 0.407 e. The molecule has 41 heavy (non-hydrogen) atoms. The predicted octanol–water partition coefficient (Wildman–Crippen LogP) is 5.08. The number of carbonyl (C=O) groups excluding carboxylic acids is 2. The summed E-state index contributed by atoms with van der Waals surface area (Å²) >= 11 is 0. The second-order valence-electron chi connectivity index (χ2n) is 11.4. The van der Waals surface area contributed by atoms with Gasteiger partial charge in [0.05, 0.1) is 12.1 Å². The summed E-state index contributed by atoms with van der Waals surface area (Å²) in [7, 11) is 0. The van der Waals surface area contributed by atoms with E-state index in [9.17, 15) is 19.8 Å². The molecule has 0 aromatic heterocycles. The Morgan fingerprint density at radius 1 is 0.878 bits per heavy atom. The van der Waals surface area contributed by atoms with Gasteiger partial charge in [-0.2, -0.15) is 0 Å². The van der Waals surface area contributed by atoms with Crippen molar-refractivity contribution in [3.8, 4) is 11.5 Å². The second-order valence-corrected chi connectivity index (χ2v) is 11.4. The maximum absolute atomic E-state index is 13.3. The fraction of sp³-hybridized carbons (Fsp3) is 0.394. The van der Waals surface area contributed by atoms with E-state index in [4.69, 9.17) is 9.47 Å². The van der Waals surface area contributed by atoms with Gasteiger partial charge in [0, 0.05) is 6.04 Å². The number of phenolic OH excluding ortho intramolecular Hbond substituents is 1. The number of aliphatic hydroxyl groups excluding tert-OH is 1. The molecule has 0 aliphatic heterocycles. The molecule has 2 amide bonds. The van der Waals surface area contributed by atoms with Gasteiger partial charge in [-0.1, -0.05) is 60.7 Å². The van der Waals surface area contributed by atoms with Gasteiger partial charge in [-0.3, -0.25) is 4.79 Å². The molecular formula is C33H42N2O6. The van der Waals surface area contributed by atoms with Gasteiger partial charge in [0.1, 0.15) is 17.1 Å². The topological polar surface area (TPSA) is 117 Å². The zero-order valence-corrected chi connectivity index (χ0v) is 24.5. The van der Waals surface area contributed by atoms with E-state index in [1.54, 1.807) is 46.8 Å². The molecule has 8 nitrogen and oxygen atoms in total. The lowest BCUT2D eigenvalue weighted by molar-refractivity contribution is -0.129. The van der Waals surface area contributed by atoms with Crippen LogP contribution in [0.4, 0.5) is 4.79 Å². The van der Waals surface area contributed by atoms with Crippen LogP contribution >= 0.6 is 0 Å². The van der Waals surface area contributed by atoms with Gasteiger partial charge in [0.2, 0.25) is 0 Å². The normalized spacial score (nSPS) is 14.3. The van der Waals surface area contributed by atoms with Crippen LogP contribution < -0.4 is 15.4 Å². The summed E-state index contributed by atoms with van der Waals surface area (Å²) in [4.78, 5) is 25.9. The smallest absolute Gasteiger partial charge is 0.407 e. The molecule has 0 saturated carbocycles. The van der Waals surface area contributed by atoms with E-state index < -0.39 is 41.9 Å². The van der Waals surface area contributed by atoms with Crippen molar-refractivity contribution < 1.29 is 29.3 Å². The lowest BCUT2D eigenvalue weighted by Gasteiger charge is -2.30. The highest BCUT2D eigenvalue weighted by atomic mass is 16.6. The van der Waals surface area contributed by atoms with E-state index in [1.165, 1.54) is 6.07 Å². The van der Waals surface area contributed by atoms with E-state index in [1.807, 2.05) is 60.7 Å². The third kappa shape index (κ3) is 10.8. The quantitative estimate of drug-likeness (QED) is 0.245. The zero-order chi connectivity index (χ0) is 30.0. The van der Waals surface area contributed by atoms with E-state index in [0.717, 1.165) is 11.1 Å². The summed E-state index contributed by atoms with van der Waals surface area (Å²) in [5.74, 6) is 0.204. The highest BCUT2D eigenvalue weighted by molar-refractivity contribution is 5.81. The fourth-order valence-corrected chi connectivity index (χ4v) is 4.48. The van der Waals surface area contributed by atoms with Crippen LogP contribution in [0.15, 0.2) is 78.9 Å². The third-order valence-electron chi connectivity index (χ3n) is 6.49. The number of aromatic hydroxyl groups is 1. The SMILES string of the molecule is Cc1cc(O)ccc1OC(C)C(=O)N[C@@H](Cc1ccccc1)[C@@H](O)C[C@H](Cc1ccccc1)NC(=O)OC(C)(C)C. The number of hydrogen-bond donors (Lipinski definition) is 4. The number of aliphatic hydroxyl groups is 1. The minimum Gasteiger partial charge on any atom is -0.508 e. The van der Waals surface area contributed by atoms with Crippen LogP contribution in [0.5, 0.6) is 11.5 Å². The number of nitrogens with one attached hydrogen (secondary N) is 2. The highest BCUT2D eigenvalue weighted by Gasteiger charge is 2.29. The first kappa shape index (κ1) is 31.5. The molecule has 0 spiro atoms. The van der Waals surface area contributed by atoms with Gasteiger partial charge in [-0.25, -0.2) is 4.79 Å². The van der Waals surface area contributed by atoms with E-state index >= 15 is 0 Å². The Labute approximate surface area is 242 Å². The number of hydrogen-bond acceptors (Lipinski definition) is 6. The summed E-state index contributed by atoms with van der Waals surface area (Å²) in [6.07, 6.45) is -1.39. The molecular weight excluding hydrogens is 520 g/mol. The number of benzene rings is 3. The van der Waals surface area contributed by atoms with E-state index in [2.05, 4.69) is 10.6 Å². The number of carbonyl (C=O) groups is 2. The molecule has 8 heteroatoms. The first-order chi connectivity index (χ1) is 19.4. The van der Waals surface area contributed by atoms with Crippen LogP contribution in [0, 0.1) is 6.92 Å². The monoisotopic (exact) mass is 562 g/mol. The van der Waals surface area contributed by atoms with Crippen molar-refractivity contribution in [2.24, 2.45) is 0 Å². The Kier molecular flexibility index (Phi) is 11.2. The van der Waals surface area contributed by atoms with Gasteiger partial charge in [-0.15, -0.1) is 0 Å². The van der Waals surface area contributed by atoms with Crippen LogP contribution in [-0.4, -0.2) is 52.1 Å². The summed E-state index contributed by atoms with van der Waals surface area (Å²) in [5, 5.41) is 27.0. The highest BCUT2D eigenvalue weighted by Crippen LogP contribution is 2.23. The second kappa shape index (κ2) is 14.6. The van der Waals surface area contributed by atoms with Crippen LogP contribution in [-0.2, 0) is 22.4 Å². The van der Waals surface area contributed by atoms with E-state index in [-0.39, 0.29) is 12.2 Å². The molecule has 3 rings (SSSR count). The molecule has 0 saturated heterocycles. The molecule has 0 aliphatic rings. The molecule has 4 atom stereocenters. The van der Waals surface area contributed by atoms with Crippen LogP contribution in [0.1, 0.15) is 50.8 Å². The fourth-order valence-electron chi connectivity index (χ4n) is 4.48. The summed E-state index contributed by atoms with van der Waals surface area (Å²) in [5.41, 5.74) is 1.97. The Morgan fingerprint density at radius 2 is 1.46 bits per heavy atom. The molecule has 0 fully saturated rings. The molecule has 1 unspecified atom stereocenters. The van der Waals surface area contributed by atoms with Crippen LogP contribution in [0.25, 0.3) is 0 Å². The average molecular weight is 563 g/mol. The van der Waals surface area contributed by atoms with Gasteiger partial charge in [0.25, 0.3) is 5.91 Å². The van der Waals surface area contributed by atoms with Crippen molar-refractivity contribution in [1.29, 1.82) is 0 Å². The molecule has 0 aliphatic carbocycles. The lowest BCUT2D eigenvalue weighted by atomic mass is 9.93. The Balaban J connectivity index is 1.77. The van der Waals surface area contributed by atoms with Crippen molar-refractivity contribution in [3.63, 3.8) is 0 Å². The number of phenols is 1. The van der Waals surface area contributed by atoms with Crippen molar-refractivity contribution >= 4 is 12.0 Å². The first-order valence-corrected chi connectivity index (χ1v) is 13.9. The Morgan fingerprint density at radius 3 is 2.02 bits per heavy atom. The number of aryl methyl sites for hydroxylation is 1. The maximum atomic E-state index is 13.3. The van der Waals surface area contributed by atoms with Crippen molar-refractivity contribution in [3.05, 3.63) is 95.6 Å². The standard InChI is InChI=1S/C33H42N2O6/c1-22-18-27(36)16-17-30(22)40-23(2)31(38)35-28(20-25-14-10-7-11-15-25)29(37)21-26(19-24-12-8-6-9-13-24)34-32(39)41-33(3,4)5/h6-18,23,26,28-29,36-37H,19-21H2,1-5H3,(H,34,39)(H,35,38)/t23?,26-,28-,29-/m0/s1. The molecule has 0 radical (unpaired) electrons. The minimum atomic E-state index is -0.995. The summed E-state index contributed by atoms with van der Waals surface area (Å²) in [6.45, 7) is 8.80. The van der Waals surface area contributed by atoms with Crippen molar-refractivity contribution in [2.75, 3.05) is 0 Å². The van der Waals surface area contributed by atoms with Gasteiger partial charge >= 0.3 is 6.09 Å². The molecule has 4 N–H and O–H groups in total. The Bertz CT molecular complexity index is 1260. The largest absolute Gasteiger partial charge is 0.508 e. The van der Waals surface area contributed by atoms with Crippen LogP contribution in [0.2, 0.25) is 0 Å². The average Bonchev–Trinajstić information content (AvgIpc) is 2.89. The lowest BCUT2D eigenvalue weighted by Crippen LogP contribution is -2.51. The predicted molar refractivity (Wildman–Crippen MR) is 159 cm³/mol. The molecule has 220 valence electrons. The zero-order valence-electron chi connectivity index (χ0n) is 24.5. The van der Waals surface area contributed by atoms with Gasteiger partial charge in [-0.05, 0) is 88.8 Å². The van der Waals surface area contributed by atoms with Gasteiger partial charge in [0.15, 0.2) is 6.10 Å². The summed E-state index contributed by atoms with van der Waals surface area (Å²) in [6, 6.07) is 22.8. The first-order valence-electron chi connectivity index (χ1n) is 13.9. The number of rotatable bonds is 12. The Hall–Kier alpha value is -4.04. The molecule has 3 aromatic carbocycles. The van der Waals surface area contributed by atoms with E-state index in [0.29, 0.717) is 24.2 Å². The van der Waals surface area contributed by atoms with Crippen LogP contribution in [0.3, 0.4) is 0 Å². The van der Waals surface area contributed by atoms with Crippen molar-refractivity contribution in [2.45, 2.75) is 83.8 Å².